The van der Waals surface area contributed by atoms with Gasteiger partial charge in [-0.1, -0.05) is 12.1 Å². The summed E-state index contributed by atoms with van der Waals surface area (Å²) in [6, 6.07) is 10.2. The Bertz CT molecular complexity index is 1040. The number of aryl methyl sites for hydroxylation is 1. The number of ether oxygens (including phenoxy) is 2. The van der Waals surface area contributed by atoms with E-state index in [0.29, 0.717) is 17.1 Å². The fourth-order valence-electron chi connectivity index (χ4n) is 2.89. The largest absolute Gasteiger partial charge is 0.497 e. The molecule has 0 saturated carbocycles. The van der Waals surface area contributed by atoms with E-state index >= 15 is 0 Å². The van der Waals surface area contributed by atoms with Crippen LogP contribution in [0.25, 0.3) is 0 Å². The number of carbonyl (C=O) groups is 2. The van der Waals surface area contributed by atoms with Crippen LogP contribution in [0.5, 0.6) is 5.75 Å². The molecule has 0 heterocycles. The van der Waals surface area contributed by atoms with E-state index in [4.69, 9.17) is 9.47 Å². The highest BCUT2D eigenvalue weighted by Gasteiger charge is 2.29. The molecule has 162 valence electrons. The molecule has 0 aliphatic rings. The van der Waals surface area contributed by atoms with Gasteiger partial charge in [-0.3, -0.25) is 9.10 Å². The van der Waals surface area contributed by atoms with Gasteiger partial charge in [0.2, 0.25) is 15.9 Å². The molecule has 2 aromatic carbocycles. The number of amides is 1. The fourth-order valence-corrected chi connectivity index (χ4v) is 4.06. The second-order valence-corrected chi connectivity index (χ2v) is 8.54. The van der Waals surface area contributed by atoms with Crippen molar-refractivity contribution >= 4 is 33.3 Å². The number of hydrogen-bond acceptors (Lipinski definition) is 6. The number of nitrogens with zero attached hydrogens (tertiary/aromatic N) is 1. The maximum Gasteiger partial charge on any atom is 0.338 e. The van der Waals surface area contributed by atoms with Gasteiger partial charge in [-0.25, -0.2) is 13.2 Å². The van der Waals surface area contributed by atoms with Crippen LogP contribution in [0.1, 0.15) is 29.8 Å². The minimum Gasteiger partial charge on any atom is -0.497 e. The molecular weight excluding hydrogens is 408 g/mol. The standard InChI is InChI=1S/C21H26N2O6S/c1-6-29-21(25)16-11-10-14(2)19(12-16)22-20(24)15(3)23(30(5,26)27)17-8-7-9-18(13-17)28-4/h7-13,15H,6H2,1-5H3,(H,22,24)/t15-/m1/s1. The quantitative estimate of drug-likeness (QED) is 0.641. The van der Waals surface area contributed by atoms with Crippen LogP contribution in [-0.4, -0.2) is 46.3 Å². The molecular formula is C21H26N2O6S. The molecule has 0 fully saturated rings. The molecule has 0 aromatic heterocycles. The van der Waals surface area contributed by atoms with Crippen LogP contribution in [0.4, 0.5) is 11.4 Å². The van der Waals surface area contributed by atoms with Gasteiger partial charge in [0, 0.05) is 11.8 Å². The van der Waals surface area contributed by atoms with Gasteiger partial charge in [-0.05, 0) is 50.6 Å². The molecule has 0 saturated heterocycles. The molecule has 0 radical (unpaired) electrons. The molecule has 0 spiro atoms. The lowest BCUT2D eigenvalue weighted by molar-refractivity contribution is -0.116. The first kappa shape index (κ1) is 23.2. The summed E-state index contributed by atoms with van der Waals surface area (Å²) in [4.78, 5) is 24.9. The third kappa shape index (κ3) is 5.50. The van der Waals surface area contributed by atoms with E-state index in [0.717, 1.165) is 16.1 Å². The van der Waals surface area contributed by atoms with Crippen LogP contribution in [0, 0.1) is 6.92 Å². The first-order valence-corrected chi connectivity index (χ1v) is 11.2. The van der Waals surface area contributed by atoms with Crippen molar-refractivity contribution in [3.63, 3.8) is 0 Å². The summed E-state index contributed by atoms with van der Waals surface area (Å²) < 4.78 is 36.1. The molecule has 0 bridgehead atoms. The van der Waals surface area contributed by atoms with Crippen LogP contribution in [0.3, 0.4) is 0 Å². The third-order valence-corrected chi connectivity index (χ3v) is 5.64. The molecule has 2 rings (SSSR count). The van der Waals surface area contributed by atoms with E-state index in [-0.39, 0.29) is 12.2 Å². The van der Waals surface area contributed by atoms with Gasteiger partial charge < -0.3 is 14.8 Å². The summed E-state index contributed by atoms with van der Waals surface area (Å²) in [5.74, 6) is -0.589. The number of hydrogen-bond donors (Lipinski definition) is 1. The van der Waals surface area contributed by atoms with Gasteiger partial charge in [0.05, 0.1) is 31.2 Å². The van der Waals surface area contributed by atoms with Gasteiger partial charge >= 0.3 is 5.97 Å². The van der Waals surface area contributed by atoms with E-state index in [1.54, 1.807) is 44.2 Å². The predicted octanol–water partition coefficient (Wildman–Crippen LogP) is 2.97. The normalized spacial score (nSPS) is 12.0. The summed E-state index contributed by atoms with van der Waals surface area (Å²) in [6.45, 7) is 5.19. The van der Waals surface area contributed by atoms with Crippen molar-refractivity contribution in [3.8, 4) is 5.75 Å². The van der Waals surface area contributed by atoms with Crippen molar-refractivity contribution in [1.29, 1.82) is 0 Å². The summed E-state index contributed by atoms with van der Waals surface area (Å²) in [5.41, 5.74) is 1.71. The van der Waals surface area contributed by atoms with Crippen LogP contribution >= 0.6 is 0 Å². The van der Waals surface area contributed by atoms with Crippen molar-refractivity contribution < 1.29 is 27.5 Å². The summed E-state index contributed by atoms with van der Waals surface area (Å²) >= 11 is 0. The second kappa shape index (κ2) is 9.62. The molecule has 1 amide bonds. The molecule has 0 aliphatic heterocycles. The van der Waals surface area contributed by atoms with E-state index in [1.807, 2.05) is 0 Å². The van der Waals surface area contributed by atoms with E-state index < -0.39 is 27.9 Å². The Morgan fingerprint density at radius 1 is 1.17 bits per heavy atom. The van der Waals surface area contributed by atoms with Gasteiger partial charge in [0.15, 0.2) is 0 Å². The first-order chi connectivity index (χ1) is 14.1. The van der Waals surface area contributed by atoms with Crippen molar-refractivity contribution in [3.05, 3.63) is 53.6 Å². The van der Waals surface area contributed by atoms with Crippen molar-refractivity contribution in [2.45, 2.75) is 26.8 Å². The van der Waals surface area contributed by atoms with Gasteiger partial charge in [-0.15, -0.1) is 0 Å². The fraction of sp³-hybridized carbons (Fsp3) is 0.333. The van der Waals surface area contributed by atoms with E-state index in [9.17, 15) is 18.0 Å². The Hall–Kier alpha value is -3.07. The van der Waals surface area contributed by atoms with Gasteiger partial charge in [-0.2, -0.15) is 0 Å². The average Bonchev–Trinajstić information content (AvgIpc) is 2.68. The number of sulfonamides is 1. The molecule has 0 unspecified atom stereocenters. The Labute approximate surface area is 176 Å². The van der Waals surface area contributed by atoms with Crippen LogP contribution in [0.2, 0.25) is 0 Å². The van der Waals surface area contributed by atoms with E-state index in [1.165, 1.54) is 26.2 Å². The highest BCUT2D eigenvalue weighted by molar-refractivity contribution is 7.92. The van der Waals surface area contributed by atoms with Crippen molar-refractivity contribution in [2.24, 2.45) is 0 Å². The minimum atomic E-state index is -3.78. The van der Waals surface area contributed by atoms with Crippen molar-refractivity contribution in [2.75, 3.05) is 29.6 Å². The average molecular weight is 435 g/mol. The third-order valence-electron chi connectivity index (χ3n) is 4.40. The lowest BCUT2D eigenvalue weighted by Gasteiger charge is -2.28. The van der Waals surface area contributed by atoms with Crippen LogP contribution < -0.4 is 14.4 Å². The monoisotopic (exact) mass is 434 g/mol. The molecule has 1 N–H and O–H groups in total. The number of esters is 1. The summed E-state index contributed by atoms with van der Waals surface area (Å²) in [5, 5.41) is 2.71. The maximum atomic E-state index is 12.9. The zero-order chi connectivity index (χ0) is 22.5. The first-order valence-electron chi connectivity index (χ1n) is 9.30. The number of methoxy groups -OCH3 is 1. The number of rotatable bonds is 8. The highest BCUT2D eigenvalue weighted by Crippen LogP contribution is 2.26. The predicted molar refractivity (Wildman–Crippen MR) is 116 cm³/mol. The zero-order valence-corrected chi connectivity index (χ0v) is 18.4. The van der Waals surface area contributed by atoms with Crippen molar-refractivity contribution in [1.82, 2.24) is 0 Å². The number of nitrogens with one attached hydrogen (secondary N) is 1. The minimum absolute atomic E-state index is 0.231. The molecule has 8 nitrogen and oxygen atoms in total. The smallest absolute Gasteiger partial charge is 0.338 e. The number of anilines is 2. The van der Waals surface area contributed by atoms with E-state index in [2.05, 4.69) is 5.32 Å². The Kier molecular flexibility index (Phi) is 7.44. The molecule has 1 atom stereocenters. The number of carbonyl (C=O) groups excluding carboxylic acids is 2. The van der Waals surface area contributed by atoms with Gasteiger partial charge in [0.25, 0.3) is 0 Å². The Balaban J connectivity index is 2.34. The number of benzene rings is 2. The maximum absolute atomic E-state index is 12.9. The molecule has 2 aromatic rings. The summed E-state index contributed by atoms with van der Waals surface area (Å²) in [6.07, 6.45) is 1.03. The van der Waals surface area contributed by atoms with Crippen LogP contribution in [-0.2, 0) is 19.6 Å². The lowest BCUT2D eigenvalue weighted by atomic mass is 10.1. The molecule has 9 heteroatoms. The lowest BCUT2D eigenvalue weighted by Crippen LogP contribution is -2.45. The Morgan fingerprint density at radius 3 is 2.47 bits per heavy atom. The Morgan fingerprint density at radius 2 is 1.87 bits per heavy atom. The summed E-state index contributed by atoms with van der Waals surface area (Å²) in [7, 11) is -2.30. The second-order valence-electron chi connectivity index (χ2n) is 6.68. The zero-order valence-electron chi connectivity index (χ0n) is 17.6. The molecule has 30 heavy (non-hydrogen) atoms. The van der Waals surface area contributed by atoms with Gasteiger partial charge in [0.1, 0.15) is 11.8 Å². The topological polar surface area (TPSA) is 102 Å². The SMILES string of the molecule is CCOC(=O)c1ccc(C)c(NC(=O)[C@@H](C)N(c2cccc(OC)c2)S(C)(=O)=O)c1. The molecule has 0 aliphatic carbocycles. The van der Waals surface area contributed by atoms with Crippen LogP contribution in [0.15, 0.2) is 42.5 Å². The highest BCUT2D eigenvalue weighted by atomic mass is 32.2.